The first kappa shape index (κ1) is 21.1. The third kappa shape index (κ3) is 5.64. The first-order chi connectivity index (χ1) is 12.5. The Morgan fingerprint density at radius 2 is 2.26 bits per heavy atom. The van der Waals surface area contributed by atoms with Gasteiger partial charge in [0.15, 0.2) is 11.6 Å². The van der Waals surface area contributed by atoms with Crippen molar-refractivity contribution in [1.29, 1.82) is 0 Å². The van der Waals surface area contributed by atoms with Crippen LogP contribution in [0.5, 0.6) is 5.75 Å². The standard InChI is InChI=1S/C18H22F2N4O2.ClH/c1-12(11-26-17-5-4-13(19)9-15(17)20)22-18(25)16-6-8-24(23-16)14-3-2-7-21-10-14;/h4-6,8-9,12,14,21H,2-3,7,10-11H2,1H3,(H,22,25);1H. The molecule has 148 valence electrons. The smallest absolute Gasteiger partial charge is 0.272 e. The lowest BCUT2D eigenvalue weighted by molar-refractivity contribution is 0.0919. The van der Waals surface area contributed by atoms with Crippen LogP contribution in [0.4, 0.5) is 8.78 Å². The van der Waals surface area contributed by atoms with Crippen LogP contribution in [0.1, 0.15) is 36.3 Å². The summed E-state index contributed by atoms with van der Waals surface area (Å²) in [6, 6.07) is 4.66. The molecule has 0 spiro atoms. The fourth-order valence-corrected chi connectivity index (χ4v) is 2.87. The van der Waals surface area contributed by atoms with Gasteiger partial charge in [-0.05, 0) is 44.5 Å². The number of nitrogens with one attached hydrogen (secondary N) is 2. The van der Waals surface area contributed by atoms with Crippen LogP contribution in [0.2, 0.25) is 0 Å². The maximum Gasteiger partial charge on any atom is 0.272 e. The lowest BCUT2D eigenvalue weighted by Crippen LogP contribution is -2.37. The molecular weight excluding hydrogens is 378 g/mol. The van der Waals surface area contributed by atoms with E-state index in [2.05, 4.69) is 15.7 Å². The van der Waals surface area contributed by atoms with Crippen LogP contribution < -0.4 is 15.4 Å². The van der Waals surface area contributed by atoms with Crippen molar-refractivity contribution >= 4 is 18.3 Å². The summed E-state index contributed by atoms with van der Waals surface area (Å²) < 4.78 is 33.5. The molecule has 0 radical (unpaired) electrons. The number of benzene rings is 1. The average molecular weight is 401 g/mol. The molecule has 2 aromatic rings. The minimum absolute atomic E-state index is 0. The number of amides is 1. The molecule has 2 N–H and O–H groups in total. The van der Waals surface area contributed by atoms with Crippen molar-refractivity contribution in [3.05, 3.63) is 47.8 Å². The van der Waals surface area contributed by atoms with E-state index in [0.717, 1.165) is 38.1 Å². The number of halogens is 3. The van der Waals surface area contributed by atoms with Gasteiger partial charge in [-0.3, -0.25) is 9.48 Å². The van der Waals surface area contributed by atoms with E-state index in [1.165, 1.54) is 6.07 Å². The summed E-state index contributed by atoms with van der Waals surface area (Å²) in [6.07, 6.45) is 3.92. The Labute approximate surface area is 162 Å². The highest BCUT2D eigenvalue weighted by Gasteiger charge is 2.19. The predicted octanol–water partition coefficient (Wildman–Crippen LogP) is 2.70. The summed E-state index contributed by atoms with van der Waals surface area (Å²) in [4.78, 5) is 12.3. The Kier molecular flexibility index (Phi) is 7.55. The molecular formula is C18H23ClF2N4O2. The van der Waals surface area contributed by atoms with Crippen molar-refractivity contribution in [3.8, 4) is 5.75 Å². The van der Waals surface area contributed by atoms with E-state index >= 15 is 0 Å². The summed E-state index contributed by atoms with van der Waals surface area (Å²) in [7, 11) is 0. The van der Waals surface area contributed by atoms with E-state index in [-0.39, 0.29) is 42.8 Å². The van der Waals surface area contributed by atoms with Gasteiger partial charge in [0.05, 0.1) is 12.1 Å². The highest BCUT2D eigenvalue weighted by atomic mass is 35.5. The molecule has 27 heavy (non-hydrogen) atoms. The SMILES string of the molecule is CC(COc1ccc(F)cc1F)NC(=O)c1ccn(C2CCCNC2)n1.Cl. The second-order valence-corrected chi connectivity index (χ2v) is 6.44. The van der Waals surface area contributed by atoms with Gasteiger partial charge in [-0.1, -0.05) is 0 Å². The minimum Gasteiger partial charge on any atom is -0.488 e. The van der Waals surface area contributed by atoms with E-state index in [0.29, 0.717) is 5.69 Å². The number of ether oxygens (including phenoxy) is 1. The minimum atomic E-state index is -0.775. The second-order valence-electron chi connectivity index (χ2n) is 6.44. The maximum atomic E-state index is 13.5. The lowest BCUT2D eigenvalue weighted by atomic mass is 10.1. The zero-order valence-corrected chi connectivity index (χ0v) is 15.8. The Morgan fingerprint density at radius 1 is 1.44 bits per heavy atom. The Bertz CT molecular complexity index is 766. The number of hydrogen-bond donors (Lipinski definition) is 2. The summed E-state index contributed by atoms with van der Waals surface area (Å²) in [5, 5.41) is 10.4. The zero-order chi connectivity index (χ0) is 18.5. The molecule has 1 saturated heterocycles. The van der Waals surface area contributed by atoms with E-state index in [1.54, 1.807) is 13.0 Å². The van der Waals surface area contributed by atoms with Crippen molar-refractivity contribution in [1.82, 2.24) is 20.4 Å². The molecule has 9 heteroatoms. The first-order valence-corrected chi connectivity index (χ1v) is 8.67. The Balaban J connectivity index is 0.00000261. The molecule has 1 amide bonds. The largest absolute Gasteiger partial charge is 0.488 e. The van der Waals surface area contributed by atoms with Crippen LogP contribution in [-0.2, 0) is 0 Å². The predicted molar refractivity (Wildman–Crippen MR) is 99.4 cm³/mol. The molecule has 0 saturated carbocycles. The molecule has 0 aliphatic carbocycles. The van der Waals surface area contributed by atoms with Crippen molar-refractivity contribution < 1.29 is 18.3 Å². The first-order valence-electron chi connectivity index (χ1n) is 8.67. The average Bonchev–Trinajstić information content (AvgIpc) is 3.12. The van der Waals surface area contributed by atoms with Gasteiger partial charge in [0.25, 0.3) is 5.91 Å². The van der Waals surface area contributed by atoms with Crippen molar-refractivity contribution in [2.75, 3.05) is 19.7 Å². The van der Waals surface area contributed by atoms with E-state index in [1.807, 2.05) is 10.9 Å². The van der Waals surface area contributed by atoms with Gasteiger partial charge in [-0.25, -0.2) is 8.78 Å². The Morgan fingerprint density at radius 3 is 2.96 bits per heavy atom. The quantitative estimate of drug-likeness (QED) is 0.782. The molecule has 1 aromatic carbocycles. The number of piperidine rings is 1. The number of aromatic nitrogens is 2. The molecule has 2 heterocycles. The van der Waals surface area contributed by atoms with E-state index in [9.17, 15) is 13.6 Å². The number of nitrogens with zero attached hydrogens (tertiary/aromatic N) is 2. The molecule has 2 unspecified atom stereocenters. The van der Waals surface area contributed by atoms with Crippen molar-refractivity contribution in [2.24, 2.45) is 0 Å². The van der Waals surface area contributed by atoms with Crippen molar-refractivity contribution in [3.63, 3.8) is 0 Å². The summed E-state index contributed by atoms with van der Waals surface area (Å²) in [6.45, 7) is 3.65. The molecule has 6 nitrogen and oxygen atoms in total. The lowest BCUT2D eigenvalue weighted by Gasteiger charge is -2.22. The number of carbonyl (C=O) groups is 1. The topological polar surface area (TPSA) is 68.2 Å². The van der Waals surface area contributed by atoms with Crippen molar-refractivity contribution in [2.45, 2.75) is 31.8 Å². The number of hydrogen-bond acceptors (Lipinski definition) is 4. The van der Waals surface area contributed by atoms with Crippen LogP contribution in [0, 0.1) is 11.6 Å². The monoisotopic (exact) mass is 400 g/mol. The van der Waals surface area contributed by atoms with E-state index in [4.69, 9.17) is 4.74 Å². The third-order valence-electron chi connectivity index (χ3n) is 4.25. The molecule has 3 rings (SSSR count). The fourth-order valence-electron chi connectivity index (χ4n) is 2.87. The van der Waals surface area contributed by atoms with Crippen LogP contribution in [-0.4, -0.2) is 41.4 Å². The third-order valence-corrected chi connectivity index (χ3v) is 4.25. The summed E-state index contributed by atoms with van der Waals surface area (Å²) >= 11 is 0. The highest BCUT2D eigenvalue weighted by molar-refractivity contribution is 5.92. The number of rotatable bonds is 6. The summed E-state index contributed by atoms with van der Waals surface area (Å²) in [5.41, 5.74) is 0.329. The normalized spacial score (nSPS) is 17.7. The Hall–Kier alpha value is -2.19. The van der Waals surface area contributed by atoms with Gasteiger partial charge in [0.2, 0.25) is 0 Å². The zero-order valence-electron chi connectivity index (χ0n) is 15.0. The van der Waals surface area contributed by atoms with Crippen LogP contribution in [0.25, 0.3) is 0 Å². The van der Waals surface area contributed by atoms with E-state index < -0.39 is 11.6 Å². The molecule has 1 fully saturated rings. The molecule has 0 bridgehead atoms. The van der Waals surface area contributed by atoms with Gasteiger partial charge in [-0.15, -0.1) is 12.4 Å². The fraction of sp³-hybridized carbons (Fsp3) is 0.444. The van der Waals surface area contributed by atoms with Gasteiger partial charge in [-0.2, -0.15) is 5.10 Å². The number of carbonyl (C=O) groups excluding carboxylic acids is 1. The summed E-state index contributed by atoms with van der Waals surface area (Å²) in [5.74, 6) is -1.81. The second kappa shape index (κ2) is 9.66. The van der Waals surface area contributed by atoms with Crippen LogP contribution in [0.3, 0.4) is 0 Å². The van der Waals surface area contributed by atoms with Gasteiger partial charge >= 0.3 is 0 Å². The molecule has 2 atom stereocenters. The maximum absolute atomic E-state index is 13.5. The molecule has 1 aliphatic heterocycles. The van der Waals surface area contributed by atoms with Gasteiger partial charge in [0, 0.05) is 18.8 Å². The van der Waals surface area contributed by atoms with Crippen LogP contribution in [0.15, 0.2) is 30.5 Å². The van der Waals surface area contributed by atoms with Gasteiger partial charge in [0.1, 0.15) is 18.1 Å². The molecule has 1 aromatic heterocycles. The highest BCUT2D eigenvalue weighted by Crippen LogP contribution is 2.18. The molecule has 1 aliphatic rings. The van der Waals surface area contributed by atoms with Gasteiger partial charge < -0.3 is 15.4 Å². The van der Waals surface area contributed by atoms with Crippen LogP contribution >= 0.6 is 12.4 Å².